The van der Waals surface area contributed by atoms with Gasteiger partial charge in [-0.3, -0.25) is 4.90 Å². The van der Waals surface area contributed by atoms with Crippen molar-refractivity contribution in [1.29, 1.82) is 0 Å². The van der Waals surface area contributed by atoms with Gasteiger partial charge in [-0.1, -0.05) is 0 Å². The Balaban J connectivity index is 1.53. The third-order valence-corrected chi connectivity index (χ3v) is 4.71. The Kier molecular flexibility index (Phi) is 4.45. The monoisotopic (exact) mass is 289 g/mol. The van der Waals surface area contributed by atoms with E-state index in [1.165, 1.54) is 39.0 Å². The molecule has 0 unspecified atom stereocenters. The molecule has 0 aromatic carbocycles. The minimum absolute atomic E-state index is 0.256. The first kappa shape index (κ1) is 14.4. The van der Waals surface area contributed by atoms with E-state index in [-0.39, 0.29) is 5.82 Å². The van der Waals surface area contributed by atoms with E-state index >= 15 is 0 Å². The van der Waals surface area contributed by atoms with Crippen LogP contribution in [0.5, 0.6) is 0 Å². The third kappa shape index (κ3) is 3.39. The zero-order valence-corrected chi connectivity index (χ0v) is 12.6. The van der Waals surface area contributed by atoms with Crippen molar-refractivity contribution in [3.63, 3.8) is 0 Å². The molecule has 2 aliphatic rings. The van der Waals surface area contributed by atoms with Crippen LogP contribution < -0.4 is 4.90 Å². The molecule has 0 aliphatic carbocycles. The number of piperazine rings is 1. The average Bonchev–Trinajstić information content (AvgIpc) is 2.56. The van der Waals surface area contributed by atoms with E-state index in [0.717, 1.165) is 24.8 Å². The van der Waals surface area contributed by atoms with Crippen LogP contribution in [0.25, 0.3) is 0 Å². The predicted molar refractivity (Wildman–Crippen MR) is 84.0 cm³/mol. The summed E-state index contributed by atoms with van der Waals surface area (Å²) in [6.45, 7) is 6.89. The molecule has 2 saturated heterocycles. The van der Waals surface area contributed by atoms with Crippen LogP contribution in [0.1, 0.15) is 12.8 Å². The fraction of sp³-hybridized carbons (Fsp3) is 0.667. The average molecular weight is 289 g/mol. The number of nitroso groups, excluding NO2 is 1. The molecule has 21 heavy (non-hydrogen) atoms. The van der Waals surface area contributed by atoms with Crippen molar-refractivity contribution in [2.75, 3.05) is 51.2 Å². The van der Waals surface area contributed by atoms with Crippen molar-refractivity contribution in [3.8, 4) is 0 Å². The second-order valence-electron chi connectivity index (χ2n) is 6.02. The van der Waals surface area contributed by atoms with Gasteiger partial charge in [0.05, 0.1) is 11.9 Å². The maximum Gasteiger partial charge on any atom is 0.196 e. The molecule has 114 valence electrons. The number of piperidine rings is 1. The highest BCUT2D eigenvalue weighted by molar-refractivity contribution is 5.48. The Morgan fingerprint density at radius 3 is 2.38 bits per heavy atom. The summed E-state index contributed by atoms with van der Waals surface area (Å²) in [5, 5.41) is 2.85. The Bertz CT molecular complexity index is 461. The number of nitrogens with zero attached hydrogens (tertiary/aromatic N) is 5. The van der Waals surface area contributed by atoms with Crippen molar-refractivity contribution < 1.29 is 0 Å². The summed E-state index contributed by atoms with van der Waals surface area (Å²) in [7, 11) is 2.20. The first-order valence-corrected chi connectivity index (χ1v) is 7.73. The first-order valence-electron chi connectivity index (χ1n) is 7.73. The van der Waals surface area contributed by atoms with Crippen molar-refractivity contribution in [3.05, 3.63) is 23.2 Å². The topological polar surface area (TPSA) is 52.0 Å². The number of hydrogen-bond donors (Lipinski definition) is 0. The summed E-state index contributed by atoms with van der Waals surface area (Å²) in [4.78, 5) is 21.9. The quantitative estimate of drug-likeness (QED) is 0.793. The van der Waals surface area contributed by atoms with Gasteiger partial charge < -0.3 is 9.80 Å². The van der Waals surface area contributed by atoms with Crippen molar-refractivity contribution in [2.45, 2.75) is 18.9 Å². The standard InChI is InChI=1S/C15H23N5O/c1-18-8-10-20(11-9-18)13-4-6-19(7-5-13)14-2-3-15(17-21)16-12-14/h2-3,12-13H,4-11H2,1H3. The number of anilines is 1. The van der Waals surface area contributed by atoms with E-state index < -0.39 is 0 Å². The lowest BCUT2D eigenvalue weighted by Crippen LogP contribution is -2.52. The lowest BCUT2D eigenvalue weighted by atomic mass is 10.0. The highest BCUT2D eigenvalue weighted by Gasteiger charge is 2.26. The second-order valence-corrected chi connectivity index (χ2v) is 6.02. The molecule has 0 radical (unpaired) electrons. The normalized spacial score (nSPS) is 22.4. The van der Waals surface area contributed by atoms with Crippen molar-refractivity contribution >= 4 is 11.5 Å². The van der Waals surface area contributed by atoms with Gasteiger partial charge in [0.1, 0.15) is 0 Å². The molecular formula is C15H23N5O. The molecular weight excluding hydrogens is 266 g/mol. The molecule has 0 spiro atoms. The van der Waals surface area contributed by atoms with E-state index in [9.17, 15) is 4.91 Å². The molecule has 0 amide bonds. The molecule has 0 N–H and O–H groups in total. The molecule has 0 atom stereocenters. The predicted octanol–water partition coefficient (Wildman–Crippen LogP) is 1.70. The number of aromatic nitrogens is 1. The molecule has 2 aliphatic heterocycles. The van der Waals surface area contributed by atoms with Crippen LogP contribution >= 0.6 is 0 Å². The molecule has 0 bridgehead atoms. The zero-order chi connectivity index (χ0) is 14.7. The molecule has 6 heteroatoms. The lowest BCUT2D eigenvalue weighted by Gasteiger charge is -2.42. The fourth-order valence-electron chi connectivity index (χ4n) is 3.30. The Hall–Kier alpha value is -1.53. The largest absolute Gasteiger partial charge is 0.370 e. The molecule has 1 aromatic rings. The second kappa shape index (κ2) is 6.49. The number of pyridine rings is 1. The third-order valence-electron chi connectivity index (χ3n) is 4.71. The molecule has 3 heterocycles. The maximum atomic E-state index is 10.4. The van der Waals surface area contributed by atoms with Gasteiger partial charge in [0.2, 0.25) is 0 Å². The van der Waals surface area contributed by atoms with Gasteiger partial charge in [0.25, 0.3) is 0 Å². The van der Waals surface area contributed by atoms with E-state index in [1.807, 2.05) is 6.07 Å². The van der Waals surface area contributed by atoms with E-state index in [2.05, 4.69) is 31.9 Å². The minimum Gasteiger partial charge on any atom is -0.370 e. The minimum atomic E-state index is 0.256. The van der Waals surface area contributed by atoms with Gasteiger partial charge in [0.15, 0.2) is 5.82 Å². The van der Waals surface area contributed by atoms with Crippen LogP contribution in [0.4, 0.5) is 11.5 Å². The summed E-state index contributed by atoms with van der Waals surface area (Å²) >= 11 is 0. The van der Waals surface area contributed by atoms with E-state index in [0.29, 0.717) is 0 Å². The van der Waals surface area contributed by atoms with E-state index in [1.54, 1.807) is 12.3 Å². The van der Waals surface area contributed by atoms with Crippen LogP contribution in [0.2, 0.25) is 0 Å². The summed E-state index contributed by atoms with van der Waals surface area (Å²) < 4.78 is 0. The Morgan fingerprint density at radius 1 is 1.10 bits per heavy atom. The van der Waals surface area contributed by atoms with Gasteiger partial charge in [-0.2, -0.15) is 0 Å². The summed E-state index contributed by atoms with van der Waals surface area (Å²) in [5.41, 5.74) is 1.10. The highest BCUT2D eigenvalue weighted by atomic mass is 16.3. The van der Waals surface area contributed by atoms with Gasteiger partial charge in [-0.25, -0.2) is 4.98 Å². The SMILES string of the molecule is CN1CCN(C2CCN(c3ccc(N=O)nc3)CC2)CC1. The van der Waals surface area contributed by atoms with Crippen molar-refractivity contribution in [2.24, 2.45) is 5.18 Å². The number of rotatable bonds is 3. The number of likely N-dealkylation sites (N-methyl/N-ethyl adjacent to an activating group) is 1. The highest BCUT2D eigenvalue weighted by Crippen LogP contribution is 2.23. The van der Waals surface area contributed by atoms with Crippen LogP contribution in [-0.4, -0.2) is 67.1 Å². The van der Waals surface area contributed by atoms with Gasteiger partial charge in [-0.05, 0) is 37.2 Å². The maximum absolute atomic E-state index is 10.4. The zero-order valence-electron chi connectivity index (χ0n) is 12.6. The summed E-state index contributed by atoms with van der Waals surface area (Å²) in [5.74, 6) is 0.256. The number of hydrogen-bond acceptors (Lipinski definition) is 6. The summed E-state index contributed by atoms with van der Waals surface area (Å²) in [6.07, 6.45) is 4.17. The van der Waals surface area contributed by atoms with Crippen LogP contribution in [-0.2, 0) is 0 Å². The van der Waals surface area contributed by atoms with Crippen LogP contribution in [0.3, 0.4) is 0 Å². The van der Waals surface area contributed by atoms with Gasteiger partial charge in [0, 0.05) is 45.3 Å². The van der Waals surface area contributed by atoms with Crippen LogP contribution in [0, 0.1) is 4.91 Å². The van der Waals surface area contributed by atoms with Crippen LogP contribution in [0.15, 0.2) is 23.5 Å². The molecule has 3 rings (SSSR count). The van der Waals surface area contributed by atoms with Gasteiger partial charge >= 0.3 is 0 Å². The van der Waals surface area contributed by atoms with Gasteiger partial charge in [-0.15, -0.1) is 4.91 Å². The smallest absolute Gasteiger partial charge is 0.196 e. The first-order chi connectivity index (χ1) is 10.3. The molecule has 0 saturated carbocycles. The molecule has 6 nitrogen and oxygen atoms in total. The molecule has 1 aromatic heterocycles. The fourth-order valence-corrected chi connectivity index (χ4v) is 3.30. The van der Waals surface area contributed by atoms with E-state index in [4.69, 9.17) is 0 Å². The Labute approximate surface area is 125 Å². The summed E-state index contributed by atoms with van der Waals surface area (Å²) in [6, 6.07) is 4.35. The Morgan fingerprint density at radius 2 is 1.81 bits per heavy atom. The lowest BCUT2D eigenvalue weighted by molar-refractivity contribution is 0.0982. The van der Waals surface area contributed by atoms with Crippen molar-refractivity contribution in [1.82, 2.24) is 14.8 Å². The molecule has 2 fully saturated rings.